The zero-order valence-corrected chi connectivity index (χ0v) is 13.4. The van der Waals surface area contributed by atoms with Crippen LogP contribution in [0.4, 0.5) is 10.7 Å². The summed E-state index contributed by atoms with van der Waals surface area (Å²) in [6.45, 7) is 3.09. The quantitative estimate of drug-likeness (QED) is 0.479. The number of primary amides is 1. The number of rotatable bonds is 6. The van der Waals surface area contributed by atoms with Gasteiger partial charge in [0.05, 0.1) is 18.8 Å². The van der Waals surface area contributed by atoms with Crippen LogP contribution in [-0.2, 0) is 0 Å². The standard InChI is InChI=1S/C13H19N5O4.ClH/c14-13(19)17(9-8-16-6-2-1-3-7-16)15-10-11-4-5-12(22-11)18(20)21;/h4-5,10H,1-3,6-9H2,(H2,14,19);1H/b15-10+;. The van der Waals surface area contributed by atoms with E-state index < -0.39 is 11.0 Å². The molecule has 0 radical (unpaired) electrons. The van der Waals surface area contributed by atoms with Crippen LogP contribution in [0.5, 0.6) is 0 Å². The van der Waals surface area contributed by atoms with E-state index in [4.69, 9.17) is 10.2 Å². The predicted octanol–water partition coefficient (Wildman–Crippen LogP) is 1.81. The summed E-state index contributed by atoms with van der Waals surface area (Å²) in [7, 11) is 0. The second-order valence-corrected chi connectivity index (χ2v) is 5.04. The van der Waals surface area contributed by atoms with Crippen molar-refractivity contribution in [2.24, 2.45) is 10.8 Å². The second-order valence-electron chi connectivity index (χ2n) is 5.04. The van der Waals surface area contributed by atoms with Crippen molar-refractivity contribution in [1.82, 2.24) is 9.91 Å². The van der Waals surface area contributed by atoms with Crippen molar-refractivity contribution in [3.05, 3.63) is 28.0 Å². The van der Waals surface area contributed by atoms with Gasteiger partial charge in [-0.1, -0.05) is 6.42 Å². The molecule has 1 aliphatic rings. The van der Waals surface area contributed by atoms with E-state index in [1.54, 1.807) is 0 Å². The SMILES string of the molecule is Cl.NC(=O)N(CCN1CCCCC1)/N=C/c1ccc([N+](=O)[O-])o1. The normalized spacial score (nSPS) is 15.3. The Morgan fingerprint density at radius 1 is 1.43 bits per heavy atom. The summed E-state index contributed by atoms with van der Waals surface area (Å²) < 4.78 is 4.93. The molecule has 0 aliphatic carbocycles. The predicted molar refractivity (Wildman–Crippen MR) is 86.8 cm³/mol. The zero-order valence-electron chi connectivity index (χ0n) is 12.6. The Labute approximate surface area is 139 Å². The maximum atomic E-state index is 11.4. The molecule has 9 nitrogen and oxygen atoms in total. The Bertz CT molecular complexity index is 556. The number of hydrogen-bond donors (Lipinski definition) is 1. The van der Waals surface area contributed by atoms with E-state index in [0.29, 0.717) is 13.1 Å². The Kier molecular flexibility index (Phi) is 7.49. The molecule has 10 heteroatoms. The van der Waals surface area contributed by atoms with Crippen LogP contribution in [0.25, 0.3) is 0 Å². The molecule has 0 unspecified atom stereocenters. The number of urea groups is 1. The molecule has 128 valence electrons. The van der Waals surface area contributed by atoms with Crippen LogP contribution in [0.1, 0.15) is 25.0 Å². The fourth-order valence-corrected chi connectivity index (χ4v) is 2.28. The van der Waals surface area contributed by atoms with Gasteiger partial charge in [0, 0.05) is 6.54 Å². The number of hydrogen-bond acceptors (Lipinski definition) is 6. The summed E-state index contributed by atoms with van der Waals surface area (Å²) in [5.74, 6) is -0.184. The minimum Gasteiger partial charge on any atom is -0.400 e. The van der Waals surface area contributed by atoms with E-state index in [-0.39, 0.29) is 24.1 Å². The molecule has 1 aromatic heterocycles. The Morgan fingerprint density at radius 3 is 2.70 bits per heavy atom. The van der Waals surface area contributed by atoms with Gasteiger partial charge in [-0.25, -0.2) is 9.80 Å². The van der Waals surface area contributed by atoms with Gasteiger partial charge >= 0.3 is 11.9 Å². The number of nitrogens with zero attached hydrogens (tertiary/aromatic N) is 4. The number of piperidine rings is 1. The van der Waals surface area contributed by atoms with E-state index in [1.807, 2.05) is 0 Å². The molecule has 1 aromatic rings. The third-order valence-corrected chi connectivity index (χ3v) is 3.45. The van der Waals surface area contributed by atoms with Gasteiger partial charge in [-0.2, -0.15) is 5.10 Å². The highest BCUT2D eigenvalue weighted by molar-refractivity contribution is 5.85. The third kappa shape index (κ3) is 5.87. The van der Waals surface area contributed by atoms with Gasteiger partial charge in [0.1, 0.15) is 4.92 Å². The largest absolute Gasteiger partial charge is 0.433 e. The number of furan rings is 1. The van der Waals surface area contributed by atoms with Crippen molar-refractivity contribution in [3.63, 3.8) is 0 Å². The summed E-state index contributed by atoms with van der Waals surface area (Å²) in [4.78, 5) is 23.5. The molecule has 0 aromatic carbocycles. The second kappa shape index (κ2) is 9.11. The van der Waals surface area contributed by atoms with E-state index >= 15 is 0 Å². The molecule has 2 amide bonds. The van der Waals surface area contributed by atoms with Gasteiger partial charge < -0.3 is 15.1 Å². The zero-order chi connectivity index (χ0) is 15.9. The summed E-state index contributed by atoms with van der Waals surface area (Å²) in [6.07, 6.45) is 4.81. The van der Waals surface area contributed by atoms with E-state index in [0.717, 1.165) is 30.9 Å². The molecule has 1 saturated heterocycles. The van der Waals surface area contributed by atoms with Crippen LogP contribution < -0.4 is 5.73 Å². The molecule has 1 aliphatic heterocycles. The first kappa shape index (κ1) is 18.9. The molecule has 0 spiro atoms. The number of amides is 2. The average Bonchev–Trinajstić information content (AvgIpc) is 2.97. The van der Waals surface area contributed by atoms with E-state index in [2.05, 4.69) is 10.0 Å². The number of likely N-dealkylation sites (tertiary alicyclic amines) is 1. The molecular formula is C13H20ClN5O4. The van der Waals surface area contributed by atoms with Crippen LogP contribution in [0.3, 0.4) is 0 Å². The molecule has 0 saturated carbocycles. The van der Waals surface area contributed by atoms with Gasteiger partial charge in [0.25, 0.3) is 0 Å². The highest BCUT2D eigenvalue weighted by Crippen LogP contribution is 2.14. The summed E-state index contributed by atoms with van der Waals surface area (Å²) >= 11 is 0. The number of halogens is 1. The van der Waals surface area contributed by atoms with Gasteiger partial charge in [-0.3, -0.25) is 10.1 Å². The maximum Gasteiger partial charge on any atom is 0.433 e. The highest BCUT2D eigenvalue weighted by atomic mass is 35.5. The first-order chi connectivity index (χ1) is 10.6. The smallest absolute Gasteiger partial charge is 0.400 e. The lowest BCUT2D eigenvalue weighted by Crippen LogP contribution is -2.40. The number of nitro groups is 1. The first-order valence-corrected chi connectivity index (χ1v) is 7.14. The van der Waals surface area contributed by atoms with Crippen molar-refractivity contribution in [1.29, 1.82) is 0 Å². The fraction of sp³-hybridized carbons (Fsp3) is 0.538. The number of carbonyl (C=O) groups is 1. The van der Waals surface area contributed by atoms with Gasteiger partial charge in [-0.05, 0) is 32.0 Å². The Balaban J connectivity index is 0.00000264. The monoisotopic (exact) mass is 345 g/mol. The van der Waals surface area contributed by atoms with Crippen molar-refractivity contribution in [3.8, 4) is 0 Å². The molecule has 2 heterocycles. The molecule has 0 atom stereocenters. The lowest BCUT2D eigenvalue weighted by Gasteiger charge is -2.27. The van der Waals surface area contributed by atoms with Gasteiger partial charge in [0.15, 0.2) is 5.76 Å². The minimum absolute atomic E-state index is 0. The fourth-order valence-electron chi connectivity index (χ4n) is 2.28. The lowest BCUT2D eigenvalue weighted by molar-refractivity contribution is -0.402. The molecule has 2 N–H and O–H groups in total. The van der Waals surface area contributed by atoms with Crippen LogP contribution in [0.2, 0.25) is 0 Å². The molecule has 23 heavy (non-hydrogen) atoms. The first-order valence-electron chi connectivity index (χ1n) is 7.14. The molecule has 2 rings (SSSR count). The van der Waals surface area contributed by atoms with Crippen molar-refractivity contribution >= 4 is 30.5 Å². The summed E-state index contributed by atoms with van der Waals surface area (Å²) in [5.41, 5.74) is 5.29. The van der Waals surface area contributed by atoms with Crippen LogP contribution >= 0.6 is 12.4 Å². The topological polar surface area (TPSA) is 118 Å². The number of carbonyl (C=O) groups excluding carboxylic acids is 1. The summed E-state index contributed by atoms with van der Waals surface area (Å²) in [6, 6.07) is 1.96. The Morgan fingerprint density at radius 2 is 2.13 bits per heavy atom. The molecular weight excluding hydrogens is 326 g/mol. The highest BCUT2D eigenvalue weighted by Gasteiger charge is 2.14. The third-order valence-electron chi connectivity index (χ3n) is 3.45. The van der Waals surface area contributed by atoms with Crippen molar-refractivity contribution < 1.29 is 14.1 Å². The summed E-state index contributed by atoms with van der Waals surface area (Å²) in [5, 5.41) is 15.6. The van der Waals surface area contributed by atoms with Crippen LogP contribution in [0.15, 0.2) is 21.7 Å². The van der Waals surface area contributed by atoms with Crippen LogP contribution in [0, 0.1) is 10.1 Å². The van der Waals surface area contributed by atoms with E-state index in [1.165, 1.54) is 24.8 Å². The molecule has 1 fully saturated rings. The van der Waals surface area contributed by atoms with Crippen molar-refractivity contribution in [2.45, 2.75) is 19.3 Å². The van der Waals surface area contributed by atoms with Crippen LogP contribution in [-0.4, -0.2) is 53.3 Å². The van der Waals surface area contributed by atoms with Gasteiger partial charge in [0.2, 0.25) is 0 Å². The maximum absolute atomic E-state index is 11.4. The molecule has 0 bridgehead atoms. The Hall–Kier alpha value is -2.13. The van der Waals surface area contributed by atoms with E-state index in [9.17, 15) is 14.9 Å². The minimum atomic E-state index is -0.672. The average molecular weight is 346 g/mol. The number of hydrazone groups is 1. The number of nitrogens with two attached hydrogens (primary N) is 1. The van der Waals surface area contributed by atoms with Gasteiger partial charge in [-0.15, -0.1) is 12.4 Å². The van der Waals surface area contributed by atoms with Crippen molar-refractivity contribution in [2.75, 3.05) is 26.2 Å². The lowest BCUT2D eigenvalue weighted by atomic mass is 10.1.